The fourth-order valence-electron chi connectivity index (χ4n) is 1.62. The number of carbonyl (C=O) groups excluding carboxylic acids is 1. The van der Waals surface area contributed by atoms with Gasteiger partial charge in [-0.1, -0.05) is 6.07 Å². The van der Waals surface area contributed by atoms with Crippen LogP contribution in [0.3, 0.4) is 0 Å². The quantitative estimate of drug-likeness (QED) is 0.454. The van der Waals surface area contributed by atoms with Crippen LogP contribution in [0.1, 0.15) is 15.9 Å². The maximum absolute atomic E-state index is 11.9. The number of nitrogens with one attached hydrogen (secondary N) is 1. The molecule has 0 aliphatic heterocycles. The minimum Gasteiger partial charge on any atom is -0.504 e. The van der Waals surface area contributed by atoms with Crippen molar-refractivity contribution in [3.8, 4) is 17.2 Å². The van der Waals surface area contributed by atoms with Gasteiger partial charge in [-0.2, -0.15) is 5.10 Å². The van der Waals surface area contributed by atoms with Gasteiger partial charge in [0.1, 0.15) is 5.75 Å². The molecule has 0 saturated carbocycles. The van der Waals surface area contributed by atoms with Crippen LogP contribution in [-0.2, 0) is 0 Å². The highest BCUT2D eigenvalue weighted by molar-refractivity contribution is 5.95. The van der Waals surface area contributed by atoms with Crippen molar-refractivity contribution in [1.82, 2.24) is 5.43 Å². The molecule has 1 amide bonds. The Kier molecular flexibility index (Phi) is 4.40. The van der Waals surface area contributed by atoms with E-state index in [1.165, 1.54) is 25.5 Å². The largest absolute Gasteiger partial charge is 0.504 e. The first-order chi connectivity index (χ1) is 10.1. The number of rotatable bonds is 4. The van der Waals surface area contributed by atoms with Gasteiger partial charge in [0.15, 0.2) is 11.5 Å². The molecular weight excluding hydrogens is 272 g/mol. The zero-order chi connectivity index (χ0) is 15.2. The van der Waals surface area contributed by atoms with Gasteiger partial charge < -0.3 is 14.9 Å². The highest BCUT2D eigenvalue weighted by Gasteiger charge is 2.05. The van der Waals surface area contributed by atoms with Gasteiger partial charge in [0.2, 0.25) is 0 Å². The number of benzene rings is 2. The van der Waals surface area contributed by atoms with Crippen molar-refractivity contribution in [3.05, 3.63) is 53.6 Å². The summed E-state index contributed by atoms with van der Waals surface area (Å²) < 4.78 is 5.03. The van der Waals surface area contributed by atoms with E-state index >= 15 is 0 Å². The number of phenols is 2. The van der Waals surface area contributed by atoms with E-state index in [1.807, 2.05) is 0 Å². The monoisotopic (exact) mass is 286 g/mol. The minimum atomic E-state index is -0.381. The maximum atomic E-state index is 11.9. The SMILES string of the molecule is COc1cccc(C(=O)N/N=C/c2ccc(O)c(O)c2)c1. The summed E-state index contributed by atoms with van der Waals surface area (Å²) in [5, 5.41) is 22.3. The molecule has 108 valence electrons. The Hall–Kier alpha value is -3.02. The van der Waals surface area contributed by atoms with Crippen molar-refractivity contribution in [3.63, 3.8) is 0 Å². The van der Waals surface area contributed by atoms with Crippen molar-refractivity contribution in [1.29, 1.82) is 0 Å². The summed E-state index contributed by atoms with van der Waals surface area (Å²) in [6, 6.07) is 10.9. The van der Waals surface area contributed by atoms with Gasteiger partial charge in [-0.15, -0.1) is 0 Å². The summed E-state index contributed by atoms with van der Waals surface area (Å²) >= 11 is 0. The lowest BCUT2D eigenvalue weighted by Crippen LogP contribution is -2.17. The van der Waals surface area contributed by atoms with Crippen LogP contribution in [0.15, 0.2) is 47.6 Å². The van der Waals surface area contributed by atoms with Crippen LogP contribution < -0.4 is 10.2 Å². The van der Waals surface area contributed by atoms with Gasteiger partial charge in [-0.05, 0) is 42.0 Å². The van der Waals surface area contributed by atoms with Crippen LogP contribution in [0.5, 0.6) is 17.2 Å². The first-order valence-corrected chi connectivity index (χ1v) is 6.09. The molecule has 21 heavy (non-hydrogen) atoms. The van der Waals surface area contributed by atoms with Gasteiger partial charge in [0.05, 0.1) is 13.3 Å². The number of ether oxygens (including phenoxy) is 1. The molecule has 0 radical (unpaired) electrons. The second-order valence-electron chi connectivity index (χ2n) is 4.18. The predicted octanol–water partition coefficient (Wildman–Crippen LogP) is 1.87. The number of amides is 1. The Labute approximate surface area is 121 Å². The zero-order valence-corrected chi connectivity index (χ0v) is 11.3. The van der Waals surface area contributed by atoms with Crippen molar-refractivity contribution >= 4 is 12.1 Å². The topological polar surface area (TPSA) is 91.2 Å². The van der Waals surface area contributed by atoms with Crippen LogP contribution >= 0.6 is 0 Å². The van der Waals surface area contributed by atoms with Gasteiger partial charge >= 0.3 is 0 Å². The third-order valence-corrected chi connectivity index (χ3v) is 2.71. The van der Waals surface area contributed by atoms with Crippen LogP contribution in [0, 0.1) is 0 Å². The Morgan fingerprint density at radius 3 is 2.71 bits per heavy atom. The summed E-state index contributed by atoms with van der Waals surface area (Å²) in [6.45, 7) is 0. The van der Waals surface area contributed by atoms with Gasteiger partial charge in [-0.25, -0.2) is 5.43 Å². The molecule has 2 aromatic carbocycles. The van der Waals surface area contributed by atoms with E-state index < -0.39 is 0 Å². The summed E-state index contributed by atoms with van der Waals surface area (Å²) in [7, 11) is 1.52. The van der Waals surface area contributed by atoms with Gasteiger partial charge in [-0.3, -0.25) is 4.79 Å². The lowest BCUT2D eigenvalue weighted by molar-refractivity contribution is 0.0955. The first-order valence-electron chi connectivity index (χ1n) is 6.09. The van der Waals surface area contributed by atoms with Gasteiger partial charge in [0.25, 0.3) is 5.91 Å². The maximum Gasteiger partial charge on any atom is 0.271 e. The fraction of sp³-hybridized carbons (Fsp3) is 0.0667. The average molecular weight is 286 g/mol. The fourth-order valence-corrected chi connectivity index (χ4v) is 1.62. The Bertz CT molecular complexity index is 683. The lowest BCUT2D eigenvalue weighted by Gasteiger charge is -2.03. The predicted molar refractivity (Wildman–Crippen MR) is 77.8 cm³/mol. The van der Waals surface area contributed by atoms with E-state index in [1.54, 1.807) is 30.3 Å². The number of carbonyl (C=O) groups is 1. The molecule has 6 nitrogen and oxygen atoms in total. The molecule has 6 heteroatoms. The Balaban J connectivity index is 2.02. The van der Waals surface area contributed by atoms with E-state index in [4.69, 9.17) is 4.74 Å². The number of hydrazone groups is 1. The van der Waals surface area contributed by atoms with E-state index in [9.17, 15) is 15.0 Å². The summed E-state index contributed by atoms with van der Waals surface area (Å²) in [6.07, 6.45) is 1.36. The number of hydrogen-bond donors (Lipinski definition) is 3. The smallest absolute Gasteiger partial charge is 0.271 e. The lowest BCUT2D eigenvalue weighted by atomic mass is 10.2. The number of hydrogen-bond acceptors (Lipinski definition) is 5. The molecule has 3 N–H and O–H groups in total. The van der Waals surface area contributed by atoms with Crippen molar-refractivity contribution in [2.75, 3.05) is 7.11 Å². The highest BCUT2D eigenvalue weighted by atomic mass is 16.5. The van der Waals surface area contributed by atoms with E-state index in [-0.39, 0.29) is 17.4 Å². The number of methoxy groups -OCH3 is 1. The number of aromatic hydroxyl groups is 2. The molecule has 0 aliphatic rings. The van der Waals surface area contributed by atoms with Crippen molar-refractivity contribution in [2.45, 2.75) is 0 Å². The average Bonchev–Trinajstić information content (AvgIpc) is 2.50. The molecule has 0 atom stereocenters. The second kappa shape index (κ2) is 6.42. The zero-order valence-electron chi connectivity index (χ0n) is 11.3. The van der Waals surface area contributed by atoms with E-state index in [0.29, 0.717) is 16.9 Å². The number of nitrogens with zero attached hydrogens (tertiary/aromatic N) is 1. The van der Waals surface area contributed by atoms with Crippen molar-refractivity contribution < 1.29 is 19.7 Å². The second-order valence-corrected chi connectivity index (χ2v) is 4.18. The molecule has 0 heterocycles. The molecule has 0 aliphatic carbocycles. The Morgan fingerprint density at radius 2 is 2.00 bits per heavy atom. The van der Waals surface area contributed by atoms with E-state index in [0.717, 1.165) is 0 Å². The molecule has 0 unspecified atom stereocenters. The molecule has 2 aromatic rings. The normalized spacial score (nSPS) is 10.5. The van der Waals surface area contributed by atoms with Crippen LogP contribution in [-0.4, -0.2) is 29.4 Å². The van der Waals surface area contributed by atoms with E-state index in [2.05, 4.69) is 10.5 Å². The van der Waals surface area contributed by atoms with Crippen molar-refractivity contribution in [2.24, 2.45) is 5.10 Å². The molecule has 0 bridgehead atoms. The summed E-state index contributed by atoms with van der Waals surface area (Å²) in [5.41, 5.74) is 3.32. The summed E-state index contributed by atoms with van der Waals surface area (Å²) in [4.78, 5) is 11.9. The molecule has 0 spiro atoms. The number of phenolic OH excluding ortho intramolecular Hbond substituents is 2. The van der Waals surface area contributed by atoms with Crippen LogP contribution in [0.25, 0.3) is 0 Å². The third-order valence-electron chi connectivity index (χ3n) is 2.71. The standard InChI is InChI=1S/C15H14N2O4/c1-21-12-4-2-3-11(8-12)15(20)17-16-9-10-5-6-13(18)14(19)7-10/h2-9,18-19H,1H3,(H,17,20)/b16-9+. The minimum absolute atomic E-state index is 0.215. The highest BCUT2D eigenvalue weighted by Crippen LogP contribution is 2.23. The Morgan fingerprint density at radius 1 is 1.19 bits per heavy atom. The first kappa shape index (κ1) is 14.4. The van der Waals surface area contributed by atoms with Crippen LogP contribution in [0.2, 0.25) is 0 Å². The molecular formula is C15H14N2O4. The van der Waals surface area contributed by atoms with Gasteiger partial charge in [0, 0.05) is 5.56 Å². The third kappa shape index (κ3) is 3.73. The summed E-state index contributed by atoms with van der Waals surface area (Å²) in [5.74, 6) is -0.270. The molecule has 2 rings (SSSR count). The molecule has 0 fully saturated rings. The van der Waals surface area contributed by atoms with Crippen LogP contribution in [0.4, 0.5) is 0 Å². The molecule has 0 aromatic heterocycles. The molecule has 0 saturated heterocycles.